The largest absolute Gasteiger partial charge is 0.489 e. The van der Waals surface area contributed by atoms with E-state index in [1.807, 2.05) is 78.9 Å². The van der Waals surface area contributed by atoms with Gasteiger partial charge in [0.1, 0.15) is 18.4 Å². The monoisotopic (exact) mass is 352 g/mol. The lowest BCUT2D eigenvalue weighted by molar-refractivity contribution is 0.306. The highest BCUT2D eigenvalue weighted by Crippen LogP contribution is 2.28. The maximum Gasteiger partial charge on any atom is 0.187 e. The standard InChI is InChI=1S/C22H16N4O/c23-14-21-22(19-8-4-5-9-20(19)25-26-21)24-17-10-12-18(13-11-17)27-15-16-6-2-1-3-7-16/h1-13H,15H2,(H,24,25). The maximum absolute atomic E-state index is 9.37. The van der Waals surface area contributed by atoms with Gasteiger partial charge in [-0.15, -0.1) is 10.2 Å². The lowest BCUT2D eigenvalue weighted by atomic mass is 10.1. The highest BCUT2D eigenvalue weighted by molar-refractivity contribution is 5.94. The SMILES string of the molecule is N#Cc1nnc2ccccc2c1Nc1ccc(OCc2ccccc2)cc1. The van der Waals surface area contributed by atoms with Gasteiger partial charge in [0, 0.05) is 11.1 Å². The van der Waals surface area contributed by atoms with Crippen molar-refractivity contribution in [1.82, 2.24) is 10.2 Å². The summed E-state index contributed by atoms with van der Waals surface area (Å²) < 4.78 is 5.81. The molecule has 0 aliphatic carbocycles. The first-order valence-electron chi connectivity index (χ1n) is 8.53. The summed E-state index contributed by atoms with van der Waals surface area (Å²) in [6, 6.07) is 27.3. The van der Waals surface area contributed by atoms with E-state index in [4.69, 9.17) is 4.74 Å². The molecule has 130 valence electrons. The van der Waals surface area contributed by atoms with Crippen molar-refractivity contribution in [2.24, 2.45) is 0 Å². The Morgan fingerprint density at radius 1 is 0.852 bits per heavy atom. The third-order valence-corrected chi connectivity index (χ3v) is 4.15. The number of fused-ring (bicyclic) bond motifs is 1. The molecule has 5 nitrogen and oxygen atoms in total. The molecule has 0 unspecified atom stereocenters. The summed E-state index contributed by atoms with van der Waals surface area (Å²) in [5.41, 5.74) is 3.62. The van der Waals surface area contributed by atoms with Gasteiger partial charge < -0.3 is 10.1 Å². The van der Waals surface area contributed by atoms with Crippen molar-refractivity contribution in [2.45, 2.75) is 6.61 Å². The second-order valence-corrected chi connectivity index (χ2v) is 5.98. The number of hydrogen-bond donors (Lipinski definition) is 1. The highest BCUT2D eigenvalue weighted by atomic mass is 16.5. The fraction of sp³-hybridized carbons (Fsp3) is 0.0455. The number of benzene rings is 3. The smallest absolute Gasteiger partial charge is 0.187 e. The third-order valence-electron chi connectivity index (χ3n) is 4.15. The van der Waals surface area contributed by atoms with E-state index in [0.29, 0.717) is 12.3 Å². The normalized spacial score (nSPS) is 10.3. The van der Waals surface area contributed by atoms with Crippen molar-refractivity contribution >= 4 is 22.3 Å². The molecular formula is C22H16N4O. The third kappa shape index (κ3) is 3.70. The Hall–Kier alpha value is -3.91. The van der Waals surface area contributed by atoms with Gasteiger partial charge in [-0.25, -0.2) is 0 Å². The van der Waals surface area contributed by atoms with E-state index in [1.54, 1.807) is 0 Å². The number of ether oxygens (including phenoxy) is 1. The van der Waals surface area contributed by atoms with Crippen LogP contribution in [0.15, 0.2) is 78.9 Å². The fourth-order valence-electron chi connectivity index (χ4n) is 2.78. The molecule has 0 aliphatic rings. The van der Waals surface area contributed by atoms with Crippen molar-refractivity contribution in [2.75, 3.05) is 5.32 Å². The van der Waals surface area contributed by atoms with Crippen LogP contribution in [-0.4, -0.2) is 10.2 Å². The van der Waals surface area contributed by atoms with E-state index in [9.17, 15) is 5.26 Å². The van der Waals surface area contributed by atoms with Gasteiger partial charge in [0.25, 0.3) is 0 Å². The lowest BCUT2D eigenvalue weighted by Crippen LogP contribution is -2.00. The van der Waals surface area contributed by atoms with Gasteiger partial charge in [0.05, 0.1) is 11.2 Å². The minimum absolute atomic E-state index is 0.262. The molecule has 27 heavy (non-hydrogen) atoms. The number of nitriles is 1. The highest BCUT2D eigenvalue weighted by Gasteiger charge is 2.10. The van der Waals surface area contributed by atoms with E-state index < -0.39 is 0 Å². The van der Waals surface area contributed by atoms with Crippen LogP contribution in [-0.2, 0) is 6.61 Å². The first-order chi connectivity index (χ1) is 13.3. The molecule has 0 radical (unpaired) electrons. The second-order valence-electron chi connectivity index (χ2n) is 5.98. The molecule has 0 fully saturated rings. The van der Waals surface area contributed by atoms with Crippen molar-refractivity contribution in [3.63, 3.8) is 0 Å². The maximum atomic E-state index is 9.37. The molecule has 5 heteroatoms. The summed E-state index contributed by atoms with van der Waals surface area (Å²) in [6.45, 7) is 0.519. The Kier molecular flexibility index (Phi) is 4.62. The molecule has 3 aromatic carbocycles. The molecule has 0 amide bonds. The van der Waals surface area contributed by atoms with E-state index in [0.717, 1.165) is 27.9 Å². The van der Waals surface area contributed by atoms with Crippen LogP contribution in [0.5, 0.6) is 5.75 Å². The molecule has 0 atom stereocenters. The van der Waals surface area contributed by atoms with E-state index >= 15 is 0 Å². The van der Waals surface area contributed by atoms with E-state index in [-0.39, 0.29) is 5.69 Å². The molecule has 4 rings (SSSR count). The summed E-state index contributed by atoms with van der Waals surface area (Å²) in [5.74, 6) is 0.780. The number of rotatable bonds is 5. The van der Waals surface area contributed by atoms with Crippen LogP contribution in [0.25, 0.3) is 10.9 Å². The summed E-state index contributed by atoms with van der Waals surface area (Å²) >= 11 is 0. The summed E-state index contributed by atoms with van der Waals surface area (Å²) in [7, 11) is 0. The van der Waals surface area contributed by atoms with Crippen LogP contribution in [0.3, 0.4) is 0 Å². The number of nitrogens with zero attached hydrogens (tertiary/aromatic N) is 3. The number of hydrogen-bond acceptors (Lipinski definition) is 5. The van der Waals surface area contributed by atoms with E-state index in [2.05, 4.69) is 21.6 Å². The Morgan fingerprint density at radius 3 is 2.37 bits per heavy atom. The summed E-state index contributed by atoms with van der Waals surface area (Å²) in [6.07, 6.45) is 0. The van der Waals surface area contributed by atoms with Crippen molar-refractivity contribution in [3.8, 4) is 11.8 Å². The Bertz CT molecular complexity index is 1100. The van der Waals surface area contributed by atoms with Gasteiger partial charge in [-0.3, -0.25) is 0 Å². The lowest BCUT2D eigenvalue weighted by Gasteiger charge is -2.11. The van der Waals surface area contributed by atoms with Crippen molar-refractivity contribution in [1.29, 1.82) is 5.26 Å². The molecule has 1 N–H and O–H groups in total. The van der Waals surface area contributed by atoms with Crippen molar-refractivity contribution < 1.29 is 4.74 Å². The molecule has 0 spiro atoms. The Balaban J connectivity index is 1.54. The van der Waals surface area contributed by atoms with Gasteiger partial charge in [-0.2, -0.15) is 5.26 Å². The zero-order valence-corrected chi connectivity index (χ0v) is 14.5. The molecule has 0 bridgehead atoms. The van der Waals surface area contributed by atoms with Crippen LogP contribution < -0.4 is 10.1 Å². The molecule has 1 aromatic heterocycles. The summed E-state index contributed by atoms with van der Waals surface area (Å²) in [5, 5.41) is 21.6. The number of nitrogens with one attached hydrogen (secondary N) is 1. The molecule has 0 saturated carbocycles. The fourth-order valence-corrected chi connectivity index (χ4v) is 2.78. The van der Waals surface area contributed by atoms with Crippen LogP contribution in [0.1, 0.15) is 11.3 Å². The first kappa shape index (κ1) is 16.6. The number of aromatic nitrogens is 2. The summed E-state index contributed by atoms with van der Waals surface area (Å²) in [4.78, 5) is 0. The topological polar surface area (TPSA) is 70.8 Å². The van der Waals surface area contributed by atoms with Gasteiger partial charge in [-0.05, 0) is 35.9 Å². The number of anilines is 2. The predicted molar refractivity (Wildman–Crippen MR) is 105 cm³/mol. The minimum Gasteiger partial charge on any atom is -0.489 e. The van der Waals surface area contributed by atoms with Crippen molar-refractivity contribution in [3.05, 3.63) is 90.1 Å². The molecular weight excluding hydrogens is 336 g/mol. The van der Waals surface area contributed by atoms with Crippen LogP contribution in [0.4, 0.5) is 11.4 Å². The molecule has 4 aromatic rings. The minimum atomic E-state index is 0.262. The quantitative estimate of drug-likeness (QED) is 0.557. The van der Waals surface area contributed by atoms with E-state index in [1.165, 1.54) is 0 Å². The van der Waals surface area contributed by atoms with Gasteiger partial charge in [0.2, 0.25) is 0 Å². The Morgan fingerprint density at radius 2 is 1.59 bits per heavy atom. The van der Waals surface area contributed by atoms with Crippen LogP contribution in [0, 0.1) is 11.3 Å². The van der Waals surface area contributed by atoms with Gasteiger partial charge in [-0.1, -0.05) is 48.5 Å². The first-order valence-corrected chi connectivity index (χ1v) is 8.53. The Labute approximate surface area is 156 Å². The van der Waals surface area contributed by atoms with Gasteiger partial charge >= 0.3 is 0 Å². The molecule has 1 heterocycles. The van der Waals surface area contributed by atoms with Crippen LogP contribution >= 0.6 is 0 Å². The van der Waals surface area contributed by atoms with Crippen LogP contribution in [0.2, 0.25) is 0 Å². The average molecular weight is 352 g/mol. The molecule has 0 aliphatic heterocycles. The zero-order valence-electron chi connectivity index (χ0n) is 14.5. The predicted octanol–water partition coefficient (Wildman–Crippen LogP) is 4.82. The second kappa shape index (κ2) is 7.54. The zero-order chi connectivity index (χ0) is 18.5. The van der Waals surface area contributed by atoms with Gasteiger partial charge in [0.15, 0.2) is 5.69 Å². The average Bonchev–Trinajstić information content (AvgIpc) is 2.74. The molecule has 0 saturated heterocycles.